The summed E-state index contributed by atoms with van der Waals surface area (Å²) in [6.45, 7) is 0. The van der Waals surface area contributed by atoms with Gasteiger partial charge in [0.05, 0.1) is 0 Å². The fourth-order valence-corrected chi connectivity index (χ4v) is 1.95. The van der Waals surface area contributed by atoms with Gasteiger partial charge in [-0.3, -0.25) is 5.73 Å². The number of rotatable bonds is 2. The van der Waals surface area contributed by atoms with Crippen molar-refractivity contribution in [2.45, 2.75) is 50.4 Å². The third kappa shape index (κ3) is 2.85. The van der Waals surface area contributed by atoms with Gasteiger partial charge in [-0.1, -0.05) is 32.1 Å². The van der Waals surface area contributed by atoms with E-state index in [-0.39, 0.29) is 12.3 Å². The average Bonchev–Trinajstić information content (AvgIpc) is 2.03. The van der Waals surface area contributed by atoms with Crippen LogP contribution in [0.1, 0.15) is 38.5 Å². The van der Waals surface area contributed by atoms with Gasteiger partial charge in [0.25, 0.3) is 0 Å². The van der Waals surface area contributed by atoms with Gasteiger partial charge in [-0.25, -0.2) is 0 Å². The summed E-state index contributed by atoms with van der Waals surface area (Å²) < 4.78 is 36.6. The van der Waals surface area contributed by atoms with Crippen molar-refractivity contribution in [1.82, 2.24) is 0 Å². The zero-order chi connectivity index (χ0) is 10.8. The lowest BCUT2D eigenvalue weighted by atomic mass is 9.83. The van der Waals surface area contributed by atoms with E-state index in [2.05, 4.69) is 0 Å². The highest BCUT2D eigenvalue weighted by Gasteiger charge is 2.51. The van der Waals surface area contributed by atoms with E-state index in [0.29, 0.717) is 0 Å². The Morgan fingerprint density at radius 3 is 2.07 bits per heavy atom. The Hall–Kier alpha value is -0.290. The van der Waals surface area contributed by atoms with Crippen molar-refractivity contribution in [3.05, 3.63) is 0 Å². The molecule has 1 atom stereocenters. The summed E-state index contributed by atoms with van der Waals surface area (Å²) in [5.74, 6) is -0.0830. The van der Waals surface area contributed by atoms with E-state index in [0.717, 1.165) is 32.1 Å². The zero-order valence-electron chi connectivity index (χ0n) is 7.98. The highest BCUT2D eigenvalue weighted by Crippen LogP contribution is 2.36. The number of halogens is 3. The number of hydrogen-bond acceptors (Lipinski definition) is 2. The molecule has 84 valence electrons. The normalized spacial score (nSPS) is 24.6. The molecule has 0 amide bonds. The highest BCUT2D eigenvalue weighted by molar-refractivity contribution is 4.83. The molecule has 1 fully saturated rings. The molecule has 1 rings (SSSR count). The molecule has 0 spiro atoms. The minimum Gasteiger partial charge on any atom is -0.368 e. The van der Waals surface area contributed by atoms with Crippen molar-refractivity contribution in [2.75, 3.05) is 0 Å². The summed E-state index contributed by atoms with van der Waals surface area (Å²) in [5, 5.41) is 9.06. The van der Waals surface area contributed by atoms with Gasteiger partial charge in [0.2, 0.25) is 5.72 Å². The molecule has 1 aliphatic rings. The van der Waals surface area contributed by atoms with Gasteiger partial charge in [0, 0.05) is 6.42 Å². The standard InChI is InChI=1S/C9H16F3NO/c10-9(11,12)8(13,14)6-7-4-2-1-3-5-7/h7,14H,1-6,13H2. The molecular weight excluding hydrogens is 195 g/mol. The number of nitrogens with two attached hydrogens (primary N) is 1. The molecule has 2 nitrogen and oxygen atoms in total. The van der Waals surface area contributed by atoms with Gasteiger partial charge in [0.15, 0.2) is 0 Å². The maximum atomic E-state index is 12.2. The predicted molar refractivity (Wildman–Crippen MR) is 46.4 cm³/mol. The van der Waals surface area contributed by atoms with Crippen LogP contribution in [0.25, 0.3) is 0 Å². The lowest BCUT2D eigenvalue weighted by molar-refractivity contribution is -0.264. The summed E-state index contributed by atoms with van der Waals surface area (Å²) in [7, 11) is 0. The molecule has 0 aromatic rings. The fraction of sp³-hybridized carbons (Fsp3) is 1.00. The Labute approximate surface area is 81.3 Å². The molecule has 5 heteroatoms. The largest absolute Gasteiger partial charge is 0.430 e. The minimum atomic E-state index is -4.72. The van der Waals surface area contributed by atoms with Crippen molar-refractivity contribution in [2.24, 2.45) is 11.7 Å². The van der Waals surface area contributed by atoms with Crippen LogP contribution in [0.3, 0.4) is 0 Å². The molecule has 0 aromatic heterocycles. The topological polar surface area (TPSA) is 46.2 Å². The lowest BCUT2D eigenvalue weighted by Gasteiger charge is -2.31. The van der Waals surface area contributed by atoms with E-state index in [4.69, 9.17) is 10.8 Å². The Bertz CT molecular complexity index is 185. The van der Waals surface area contributed by atoms with Gasteiger partial charge >= 0.3 is 6.18 Å². The quantitative estimate of drug-likeness (QED) is 0.687. The Balaban J connectivity index is 2.49. The van der Waals surface area contributed by atoms with E-state index >= 15 is 0 Å². The first-order chi connectivity index (χ1) is 6.33. The molecule has 0 aromatic carbocycles. The third-order valence-electron chi connectivity index (χ3n) is 2.82. The van der Waals surface area contributed by atoms with Gasteiger partial charge in [-0.05, 0) is 5.92 Å². The molecule has 0 bridgehead atoms. The van der Waals surface area contributed by atoms with Crippen LogP contribution in [0.5, 0.6) is 0 Å². The third-order valence-corrected chi connectivity index (χ3v) is 2.82. The first-order valence-corrected chi connectivity index (χ1v) is 4.91. The second-order valence-electron chi connectivity index (χ2n) is 4.13. The van der Waals surface area contributed by atoms with Crippen molar-refractivity contribution >= 4 is 0 Å². The Morgan fingerprint density at radius 1 is 1.14 bits per heavy atom. The van der Waals surface area contributed by atoms with Gasteiger partial charge in [-0.15, -0.1) is 0 Å². The number of aliphatic hydroxyl groups is 1. The summed E-state index contributed by atoms with van der Waals surface area (Å²) in [4.78, 5) is 0. The lowest BCUT2D eigenvalue weighted by Crippen LogP contribution is -2.54. The van der Waals surface area contributed by atoms with Crippen LogP contribution in [0.4, 0.5) is 13.2 Å². The second kappa shape index (κ2) is 4.06. The molecule has 1 aliphatic carbocycles. The highest BCUT2D eigenvalue weighted by atomic mass is 19.4. The summed E-state index contributed by atoms with van der Waals surface area (Å²) in [5.41, 5.74) is 1.85. The molecule has 14 heavy (non-hydrogen) atoms. The summed E-state index contributed by atoms with van der Waals surface area (Å²) in [6.07, 6.45) is -0.630. The number of alkyl halides is 3. The van der Waals surface area contributed by atoms with E-state index in [9.17, 15) is 13.2 Å². The second-order valence-corrected chi connectivity index (χ2v) is 4.13. The van der Waals surface area contributed by atoms with E-state index in [1.54, 1.807) is 0 Å². The van der Waals surface area contributed by atoms with E-state index in [1.165, 1.54) is 0 Å². The SMILES string of the molecule is NC(O)(CC1CCCCC1)C(F)(F)F. The number of hydrogen-bond donors (Lipinski definition) is 2. The molecule has 1 unspecified atom stereocenters. The van der Waals surface area contributed by atoms with Crippen LogP contribution in [0.15, 0.2) is 0 Å². The minimum absolute atomic E-state index is 0.0830. The molecule has 3 N–H and O–H groups in total. The van der Waals surface area contributed by atoms with Crippen molar-refractivity contribution in [3.8, 4) is 0 Å². The van der Waals surface area contributed by atoms with E-state index < -0.39 is 11.9 Å². The van der Waals surface area contributed by atoms with Crippen LogP contribution in [0.2, 0.25) is 0 Å². The average molecular weight is 211 g/mol. The maximum Gasteiger partial charge on any atom is 0.430 e. The van der Waals surface area contributed by atoms with E-state index in [1.807, 2.05) is 0 Å². The summed E-state index contributed by atoms with van der Waals surface area (Å²) in [6, 6.07) is 0. The van der Waals surface area contributed by atoms with Crippen molar-refractivity contribution in [1.29, 1.82) is 0 Å². The van der Waals surface area contributed by atoms with Crippen LogP contribution < -0.4 is 5.73 Å². The van der Waals surface area contributed by atoms with Crippen molar-refractivity contribution in [3.63, 3.8) is 0 Å². The Morgan fingerprint density at radius 2 is 1.64 bits per heavy atom. The first-order valence-electron chi connectivity index (χ1n) is 4.91. The smallest absolute Gasteiger partial charge is 0.368 e. The van der Waals surface area contributed by atoms with Crippen LogP contribution >= 0.6 is 0 Å². The molecule has 0 aliphatic heterocycles. The van der Waals surface area contributed by atoms with Crippen LogP contribution in [-0.4, -0.2) is 17.0 Å². The van der Waals surface area contributed by atoms with Crippen molar-refractivity contribution < 1.29 is 18.3 Å². The van der Waals surface area contributed by atoms with Crippen LogP contribution in [-0.2, 0) is 0 Å². The molecule has 0 saturated heterocycles. The van der Waals surface area contributed by atoms with Gasteiger partial charge in [0.1, 0.15) is 0 Å². The molecule has 1 saturated carbocycles. The monoisotopic (exact) mass is 211 g/mol. The molecule has 0 radical (unpaired) electrons. The predicted octanol–water partition coefficient (Wildman–Crippen LogP) is 2.17. The fourth-order valence-electron chi connectivity index (χ4n) is 1.95. The Kier molecular flexibility index (Phi) is 3.42. The summed E-state index contributed by atoms with van der Waals surface area (Å²) >= 11 is 0. The molecule has 0 heterocycles. The zero-order valence-corrected chi connectivity index (χ0v) is 7.98. The van der Waals surface area contributed by atoms with Crippen LogP contribution in [0, 0.1) is 5.92 Å². The van der Waals surface area contributed by atoms with Gasteiger partial charge < -0.3 is 5.11 Å². The molecular formula is C9H16F3NO. The van der Waals surface area contributed by atoms with Gasteiger partial charge in [-0.2, -0.15) is 13.2 Å². The first kappa shape index (κ1) is 11.8. The maximum absolute atomic E-state index is 12.2.